The molecular formula is C21H24N2O4. The first kappa shape index (κ1) is 18.9. The third-order valence-corrected chi connectivity index (χ3v) is 4.47. The van der Waals surface area contributed by atoms with Crippen LogP contribution in [-0.4, -0.2) is 57.2 Å². The fourth-order valence-corrected chi connectivity index (χ4v) is 2.92. The van der Waals surface area contributed by atoms with Crippen LogP contribution < -0.4 is 4.90 Å². The molecule has 1 saturated heterocycles. The zero-order valence-electron chi connectivity index (χ0n) is 15.6. The van der Waals surface area contributed by atoms with Crippen LogP contribution in [0.4, 0.5) is 5.69 Å². The quantitative estimate of drug-likeness (QED) is 0.759. The number of hydrogen-bond donors (Lipinski definition) is 0. The highest BCUT2D eigenvalue weighted by molar-refractivity contribution is 5.93. The maximum atomic E-state index is 13.0. The third-order valence-electron chi connectivity index (χ3n) is 4.47. The number of esters is 1. The Kier molecular flexibility index (Phi) is 6.08. The first-order chi connectivity index (χ1) is 13.1. The van der Waals surface area contributed by atoms with Gasteiger partial charge in [-0.3, -0.25) is 4.79 Å². The van der Waals surface area contributed by atoms with Crippen molar-refractivity contribution in [1.29, 1.82) is 0 Å². The van der Waals surface area contributed by atoms with Gasteiger partial charge in [-0.1, -0.05) is 36.4 Å². The summed E-state index contributed by atoms with van der Waals surface area (Å²) in [6.45, 7) is 1.98. The van der Waals surface area contributed by atoms with Crippen molar-refractivity contribution in [1.82, 2.24) is 4.90 Å². The summed E-state index contributed by atoms with van der Waals surface area (Å²) in [6.07, 6.45) is -0.972. The second-order valence-corrected chi connectivity index (χ2v) is 6.58. The molecule has 1 aliphatic heterocycles. The lowest BCUT2D eigenvalue weighted by Gasteiger charge is -2.30. The van der Waals surface area contributed by atoms with Crippen LogP contribution in [-0.2, 0) is 14.3 Å². The summed E-state index contributed by atoms with van der Waals surface area (Å²) in [4.78, 5) is 29.4. The predicted octanol–water partition coefficient (Wildman–Crippen LogP) is 2.51. The van der Waals surface area contributed by atoms with Crippen LogP contribution in [0.2, 0.25) is 0 Å². The molecule has 0 aliphatic carbocycles. The maximum absolute atomic E-state index is 13.0. The van der Waals surface area contributed by atoms with Crippen molar-refractivity contribution in [3.63, 3.8) is 0 Å². The molecule has 1 unspecified atom stereocenters. The molecule has 0 spiro atoms. The van der Waals surface area contributed by atoms with Crippen LogP contribution >= 0.6 is 0 Å². The van der Waals surface area contributed by atoms with E-state index in [1.165, 1.54) is 0 Å². The van der Waals surface area contributed by atoms with Crippen molar-refractivity contribution in [2.24, 2.45) is 0 Å². The normalized spacial score (nSPS) is 15.1. The standard InChI is InChI=1S/C21H24N2O4/c1-22(2)18-10-6-9-17(15-18)21(25)27-19(16-7-4-3-5-8-16)20(24)23-11-13-26-14-12-23/h3-10,15,19H,11-14H2,1-2H3. The minimum atomic E-state index is -0.972. The fraction of sp³-hybridized carbons (Fsp3) is 0.333. The van der Waals surface area contributed by atoms with Gasteiger partial charge in [0.15, 0.2) is 0 Å². The van der Waals surface area contributed by atoms with Crippen LogP contribution in [0, 0.1) is 0 Å². The number of rotatable bonds is 5. The smallest absolute Gasteiger partial charge is 0.339 e. The first-order valence-electron chi connectivity index (χ1n) is 8.96. The Morgan fingerprint density at radius 2 is 1.74 bits per heavy atom. The largest absolute Gasteiger partial charge is 0.444 e. The Bertz CT molecular complexity index is 786. The van der Waals surface area contributed by atoms with Gasteiger partial charge in [0.25, 0.3) is 5.91 Å². The van der Waals surface area contributed by atoms with E-state index in [4.69, 9.17) is 9.47 Å². The number of benzene rings is 2. The number of morpholine rings is 1. The van der Waals surface area contributed by atoms with Gasteiger partial charge in [-0.25, -0.2) is 4.79 Å². The summed E-state index contributed by atoms with van der Waals surface area (Å²) in [5.74, 6) is -0.740. The van der Waals surface area contributed by atoms with Crippen molar-refractivity contribution in [3.8, 4) is 0 Å². The number of amides is 1. The van der Waals surface area contributed by atoms with Gasteiger partial charge in [0, 0.05) is 38.4 Å². The van der Waals surface area contributed by atoms with Gasteiger partial charge in [0.05, 0.1) is 18.8 Å². The van der Waals surface area contributed by atoms with Crippen LogP contribution in [0.25, 0.3) is 0 Å². The minimum Gasteiger partial charge on any atom is -0.444 e. The fourth-order valence-electron chi connectivity index (χ4n) is 2.92. The van der Waals surface area contributed by atoms with Crippen molar-refractivity contribution >= 4 is 17.6 Å². The number of hydrogen-bond acceptors (Lipinski definition) is 5. The number of carbonyl (C=O) groups is 2. The van der Waals surface area contributed by atoms with E-state index >= 15 is 0 Å². The molecule has 0 bridgehead atoms. The monoisotopic (exact) mass is 368 g/mol. The summed E-state index contributed by atoms with van der Waals surface area (Å²) >= 11 is 0. The summed E-state index contributed by atoms with van der Waals surface area (Å²) in [6, 6.07) is 16.3. The van der Waals surface area contributed by atoms with Crippen LogP contribution in [0.15, 0.2) is 54.6 Å². The minimum absolute atomic E-state index is 0.221. The van der Waals surface area contributed by atoms with E-state index in [2.05, 4.69) is 0 Å². The molecule has 27 heavy (non-hydrogen) atoms. The highest BCUT2D eigenvalue weighted by atomic mass is 16.5. The zero-order chi connectivity index (χ0) is 19.2. The molecule has 6 heteroatoms. The first-order valence-corrected chi connectivity index (χ1v) is 8.96. The van der Waals surface area contributed by atoms with Gasteiger partial charge in [-0.05, 0) is 18.2 Å². The molecule has 1 heterocycles. The molecule has 2 aromatic carbocycles. The average Bonchev–Trinajstić information content (AvgIpc) is 2.72. The molecule has 0 aromatic heterocycles. The van der Waals surface area contributed by atoms with Gasteiger partial charge in [0.1, 0.15) is 0 Å². The SMILES string of the molecule is CN(C)c1cccc(C(=O)OC(C(=O)N2CCOCC2)c2ccccc2)c1. The molecule has 0 saturated carbocycles. The molecule has 0 N–H and O–H groups in total. The Balaban J connectivity index is 1.83. The number of ether oxygens (including phenoxy) is 2. The van der Waals surface area contributed by atoms with Gasteiger partial charge < -0.3 is 19.3 Å². The molecule has 3 rings (SSSR count). The summed E-state index contributed by atoms with van der Waals surface area (Å²) < 4.78 is 11.0. The van der Waals surface area contributed by atoms with E-state index in [-0.39, 0.29) is 5.91 Å². The molecule has 6 nitrogen and oxygen atoms in total. The van der Waals surface area contributed by atoms with Gasteiger partial charge >= 0.3 is 5.97 Å². The van der Waals surface area contributed by atoms with Crippen molar-refractivity contribution in [2.45, 2.75) is 6.10 Å². The lowest BCUT2D eigenvalue weighted by molar-refractivity contribution is -0.145. The lowest BCUT2D eigenvalue weighted by atomic mass is 10.1. The molecule has 1 atom stereocenters. The van der Waals surface area contributed by atoms with E-state index in [0.717, 1.165) is 5.69 Å². The van der Waals surface area contributed by atoms with E-state index < -0.39 is 12.1 Å². The molecule has 1 aliphatic rings. The van der Waals surface area contributed by atoms with Crippen LogP contribution in [0.3, 0.4) is 0 Å². The summed E-state index contributed by atoms with van der Waals surface area (Å²) in [5.41, 5.74) is 1.96. The van der Waals surface area contributed by atoms with Crippen molar-refractivity contribution < 1.29 is 19.1 Å². The van der Waals surface area contributed by atoms with Gasteiger partial charge in [-0.15, -0.1) is 0 Å². The number of carbonyl (C=O) groups excluding carboxylic acids is 2. The van der Waals surface area contributed by atoms with E-state index in [1.54, 1.807) is 35.2 Å². The summed E-state index contributed by atoms with van der Waals surface area (Å²) in [7, 11) is 3.80. The molecule has 0 radical (unpaired) electrons. The molecule has 1 amide bonds. The molecule has 1 fully saturated rings. The topological polar surface area (TPSA) is 59.1 Å². The Labute approximate surface area is 159 Å². The van der Waals surface area contributed by atoms with Crippen molar-refractivity contribution in [3.05, 3.63) is 65.7 Å². The molecule has 2 aromatic rings. The van der Waals surface area contributed by atoms with E-state index in [1.807, 2.05) is 43.3 Å². The second kappa shape index (κ2) is 8.68. The zero-order valence-corrected chi connectivity index (χ0v) is 15.6. The van der Waals surface area contributed by atoms with E-state index in [9.17, 15) is 9.59 Å². The van der Waals surface area contributed by atoms with Crippen LogP contribution in [0.5, 0.6) is 0 Å². The van der Waals surface area contributed by atoms with Crippen molar-refractivity contribution in [2.75, 3.05) is 45.3 Å². The third kappa shape index (κ3) is 4.65. The second-order valence-electron chi connectivity index (χ2n) is 6.58. The Morgan fingerprint density at radius 1 is 1.04 bits per heavy atom. The summed E-state index contributed by atoms with van der Waals surface area (Å²) in [5, 5.41) is 0. The Morgan fingerprint density at radius 3 is 2.41 bits per heavy atom. The van der Waals surface area contributed by atoms with Crippen LogP contribution in [0.1, 0.15) is 22.0 Å². The number of nitrogens with zero attached hydrogens (tertiary/aromatic N) is 2. The predicted molar refractivity (Wildman–Crippen MR) is 103 cm³/mol. The average molecular weight is 368 g/mol. The number of anilines is 1. The molecule has 142 valence electrons. The van der Waals surface area contributed by atoms with Gasteiger partial charge in [0.2, 0.25) is 6.10 Å². The molecular weight excluding hydrogens is 344 g/mol. The van der Waals surface area contributed by atoms with Gasteiger partial charge in [-0.2, -0.15) is 0 Å². The highest BCUT2D eigenvalue weighted by Gasteiger charge is 2.30. The Hall–Kier alpha value is -2.86. The van der Waals surface area contributed by atoms with E-state index in [0.29, 0.717) is 37.4 Å². The lowest BCUT2D eigenvalue weighted by Crippen LogP contribution is -2.44. The maximum Gasteiger partial charge on any atom is 0.339 e. The highest BCUT2D eigenvalue weighted by Crippen LogP contribution is 2.23.